The molecule has 1 fully saturated rings. The second kappa shape index (κ2) is 6.50. The maximum absolute atomic E-state index is 12.7. The number of hydrogen-bond acceptors (Lipinski definition) is 5. The summed E-state index contributed by atoms with van der Waals surface area (Å²) in [4.78, 5) is 24.2. The average molecular weight is 406 g/mol. The van der Waals surface area contributed by atoms with Gasteiger partial charge in [0, 0.05) is 6.42 Å². The molecule has 1 aliphatic rings. The molecule has 29 heavy (non-hydrogen) atoms. The first-order valence-electron chi connectivity index (χ1n) is 9.09. The first-order valence-corrected chi connectivity index (χ1v) is 9.46. The fourth-order valence-corrected chi connectivity index (χ4v) is 3.42. The van der Waals surface area contributed by atoms with Crippen molar-refractivity contribution < 1.29 is 4.79 Å². The SMILES string of the molecule is Nc1ccnn2c(C#CCC3(NC(=O)c4nc5c(Cl)cccc5[nH]4)CC3)cnc12. The van der Waals surface area contributed by atoms with Gasteiger partial charge in [-0.1, -0.05) is 23.6 Å². The molecule has 144 valence electrons. The van der Waals surface area contributed by atoms with Crippen molar-refractivity contribution in [1.29, 1.82) is 0 Å². The Morgan fingerprint density at radius 2 is 2.24 bits per heavy atom. The van der Waals surface area contributed by atoms with Crippen LogP contribution >= 0.6 is 11.6 Å². The number of benzene rings is 1. The summed E-state index contributed by atoms with van der Waals surface area (Å²) in [6.07, 6.45) is 5.51. The number of nitrogens with one attached hydrogen (secondary N) is 2. The van der Waals surface area contributed by atoms with Crippen LogP contribution in [0.15, 0.2) is 36.7 Å². The third-order valence-corrected chi connectivity index (χ3v) is 5.29. The second-order valence-corrected chi connectivity index (χ2v) is 7.51. The van der Waals surface area contributed by atoms with E-state index in [-0.39, 0.29) is 17.3 Å². The van der Waals surface area contributed by atoms with Crippen LogP contribution in [0.4, 0.5) is 5.69 Å². The van der Waals surface area contributed by atoms with Gasteiger partial charge >= 0.3 is 0 Å². The number of halogens is 1. The number of anilines is 1. The molecule has 0 spiro atoms. The Morgan fingerprint density at radius 3 is 3.03 bits per heavy atom. The van der Waals surface area contributed by atoms with Crippen LogP contribution in [-0.4, -0.2) is 36.0 Å². The molecule has 0 aliphatic heterocycles. The zero-order valence-electron chi connectivity index (χ0n) is 15.2. The monoisotopic (exact) mass is 405 g/mol. The number of H-pyrrole nitrogens is 1. The van der Waals surface area contributed by atoms with Crippen molar-refractivity contribution in [2.75, 3.05) is 5.73 Å². The average Bonchev–Trinajstić information content (AvgIpc) is 3.13. The third kappa shape index (κ3) is 3.15. The maximum atomic E-state index is 12.7. The summed E-state index contributed by atoms with van der Waals surface area (Å²) in [6, 6.07) is 7.08. The zero-order chi connectivity index (χ0) is 20.0. The van der Waals surface area contributed by atoms with E-state index in [4.69, 9.17) is 17.3 Å². The Hall–Kier alpha value is -3.57. The lowest BCUT2D eigenvalue weighted by molar-refractivity contribution is 0.0923. The number of nitrogens with zero attached hydrogens (tertiary/aromatic N) is 4. The van der Waals surface area contributed by atoms with Crippen molar-refractivity contribution >= 4 is 39.9 Å². The van der Waals surface area contributed by atoms with Crippen molar-refractivity contribution in [3.8, 4) is 11.8 Å². The molecule has 4 aromatic rings. The predicted octanol–water partition coefficient (Wildman–Crippen LogP) is 2.55. The topological polar surface area (TPSA) is 114 Å². The molecule has 3 heterocycles. The Labute approximate surface area is 170 Å². The Morgan fingerprint density at radius 1 is 1.38 bits per heavy atom. The lowest BCUT2D eigenvalue weighted by Crippen LogP contribution is -2.37. The van der Waals surface area contributed by atoms with Crippen molar-refractivity contribution in [2.45, 2.75) is 24.8 Å². The third-order valence-electron chi connectivity index (χ3n) is 4.99. The normalized spacial score (nSPS) is 14.5. The predicted molar refractivity (Wildman–Crippen MR) is 109 cm³/mol. The fraction of sp³-hybridized carbons (Fsp3) is 0.200. The largest absolute Gasteiger partial charge is 0.396 e. The van der Waals surface area contributed by atoms with Crippen LogP contribution in [0, 0.1) is 11.8 Å². The van der Waals surface area contributed by atoms with Crippen LogP contribution in [-0.2, 0) is 0 Å². The molecule has 0 radical (unpaired) electrons. The van der Waals surface area contributed by atoms with Gasteiger partial charge in [-0.3, -0.25) is 4.79 Å². The van der Waals surface area contributed by atoms with Gasteiger partial charge in [0.25, 0.3) is 5.91 Å². The first-order chi connectivity index (χ1) is 14.0. The van der Waals surface area contributed by atoms with E-state index in [9.17, 15) is 4.79 Å². The van der Waals surface area contributed by atoms with Crippen LogP contribution in [0.5, 0.6) is 0 Å². The Balaban J connectivity index is 1.32. The van der Waals surface area contributed by atoms with E-state index in [0.29, 0.717) is 34.0 Å². The summed E-state index contributed by atoms with van der Waals surface area (Å²) >= 11 is 6.14. The van der Waals surface area contributed by atoms with Crippen LogP contribution in [0.25, 0.3) is 16.7 Å². The number of carbonyl (C=O) groups excluding carboxylic acids is 1. The molecule has 0 bridgehead atoms. The van der Waals surface area contributed by atoms with Crippen LogP contribution in [0.2, 0.25) is 5.02 Å². The van der Waals surface area contributed by atoms with Gasteiger partial charge in [0.2, 0.25) is 0 Å². The Kier molecular flexibility index (Phi) is 3.93. The zero-order valence-corrected chi connectivity index (χ0v) is 16.0. The van der Waals surface area contributed by atoms with Gasteiger partial charge in [-0.15, -0.1) is 0 Å². The molecule has 3 aromatic heterocycles. The number of carbonyl (C=O) groups is 1. The number of nitrogens with two attached hydrogens (primary N) is 1. The second-order valence-electron chi connectivity index (χ2n) is 7.10. The van der Waals surface area contributed by atoms with Crippen molar-refractivity contribution in [2.24, 2.45) is 0 Å². The van der Waals surface area contributed by atoms with E-state index in [1.807, 2.05) is 12.1 Å². The summed E-state index contributed by atoms with van der Waals surface area (Å²) in [5, 5.41) is 7.79. The smallest absolute Gasteiger partial charge is 0.287 e. The van der Waals surface area contributed by atoms with Crippen LogP contribution < -0.4 is 11.1 Å². The molecule has 1 aromatic carbocycles. The van der Waals surface area contributed by atoms with Gasteiger partial charge in [0.15, 0.2) is 11.5 Å². The molecule has 9 heteroatoms. The van der Waals surface area contributed by atoms with Crippen molar-refractivity contribution in [3.63, 3.8) is 0 Å². The highest BCUT2D eigenvalue weighted by atomic mass is 35.5. The minimum atomic E-state index is -0.334. The summed E-state index contributed by atoms with van der Waals surface area (Å²) in [5.41, 5.74) is 8.65. The number of amides is 1. The van der Waals surface area contributed by atoms with Gasteiger partial charge in [-0.2, -0.15) is 5.10 Å². The molecule has 0 atom stereocenters. The lowest BCUT2D eigenvalue weighted by atomic mass is 10.2. The maximum Gasteiger partial charge on any atom is 0.287 e. The number of rotatable bonds is 3. The minimum Gasteiger partial charge on any atom is -0.396 e. The number of fused-ring (bicyclic) bond motifs is 2. The van der Waals surface area contributed by atoms with E-state index >= 15 is 0 Å². The fourth-order valence-electron chi connectivity index (χ4n) is 3.21. The number of imidazole rings is 2. The molecular formula is C20H16ClN7O. The quantitative estimate of drug-likeness (QED) is 0.453. The van der Waals surface area contributed by atoms with E-state index in [0.717, 1.165) is 18.4 Å². The summed E-state index contributed by atoms with van der Waals surface area (Å²) in [5.74, 6) is 6.19. The standard InChI is InChI=1S/C20H16ClN7O/c21-13-4-1-5-15-16(13)26-17(25-15)19(29)27-20(8-9-20)7-2-3-12-11-23-18-14(22)6-10-24-28(12)18/h1,4-6,10-11H,7-9,22H2,(H,25,26)(H,27,29). The number of hydrogen-bond donors (Lipinski definition) is 3. The first kappa shape index (κ1) is 17.5. The molecule has 8 nitrogen and oxygen atoms in total. The molecule has 1 saturated carbocycles. The molecule has 0 saturated heterocycles. The number of nitrogen functional groups attached to an aromatic ring is 1. The van der Waals surface area contributed by atoms with Crippen molar-refractivity contribution in [1.82, 2.24) is 29.9 Å². The molecule has 4 N–H and O–H groups in total. The summed E-state index contributed by atoms with van der Waals surface area (Å²) in [7, 11) is 0. The van der Waals surface area contributed by atoms with Gasteiger partial charge < -0.3 is 16.0 Å². The summed E-state index contributed by atoms with van der Waals surface area (Å²) in [6.45, 7) is 0. The number of aromatic nitrogens is 5. The highest BCUT2D eigenvalue weighted by Gasteiger charge is 2.43. The highest BCUT2D eigenvalue weighted by Crippen LogP contribution is 2.38. The van der Waals surface area contributed by atoms with Crippen molar-refractivity contribution in [3.05, 3.63) is 53.2 Å². The van der Waals surface area contributed by atoms with Gasteiger partial charge in [-0.05, 0) is 37.0 Å². The molecule has 1 amide bonds. The molecule has 1 aliphatic carbocycles. The molecule has 0 unspecified atom stereocenters. The Bertz CT molecular complexity index is 1320. The van der Waals surface area contributed by atoms with E-state index in [2.05, 4.69) is 37.2 Å². The van der Waals surface area contributed by atoms with Gasteiger partial charge in [0.05, 0.1) is 34.2 Å². The summed E-state index contributed by atoms with van der Waals surface area (Å²) < 4.78 is 1.61. The highest BCUT2D eigenvalue weighted by molar-refractivity contribution is 6.35. The van der Waals surface area contributed by atoms with Crippen LogP contribution in [0.1, 0.15) is 35.6 Å². The van der Waals surface area contributed by atoms with E-state index in [1.54, 1.807) is 29.0 Å². The minimum absolute atomic E-state index is 0.244. The lowest BCUT2D eigenvalue weighted by Gasteiger charge is -2.12. The van der Waals surface area contributed by atoms with E-state index in [1.165, 1.54) is 0 Å². The molecule has 5 rings (SSSR count). The van der Waals surface area contributed by atoms with Gasteiger partial charge in [0.1, 0.15) is 11.2 Å². The van der Waals surface area contributed by atoms with Gasteiger partial charge in [-0.25, -0.2) is 14.5 Å². The number of aromatic amines is 1. The number of para-hydroxylation sites is 1. The van der Waals surface area contributed by atoms with E-state index < -0.39 is 0 Å². The van der Waals surface area contributed by atoms with Crippen LogP contribution in [0.3, 0.4) is 0 Å². The molecular weight excluding hydrogens is 390 g/mol.